The van der Waals surface area contributed by atoms with E-state index in [1.165, 1.54) is 6.92 Å². The molecule has 1 rings (SSSR count). The van der Waals surface area contributed by atoms with Gasteiger partial charge in [0.05, 0.1) is 6.21 Å². The van der Waals surface area contributed by atoms with E-state index in [0.29, 0.717) is 11.5 Å². The van der Waals surface area contributed by atoms with E-state index in [4.69, 9.17) is 5.41 Å². The molecule has 4 heteroatoms. The Morgan fingerprint density at radius 3 is 2.85 bits per heavy atom. The second kappa shape index (κ2) is 3.80. The molecule has 0 aliphatic heterocycles. The summed E-state index contributed by atoms with van der Waals surface area (Å²) in [6.07, 6.45) is 6.30. The topological polar surface area (TPSA) is 58.7 Å². The normalized spacial score (nSPS) is 10.6. The van der Waals surface area contributed by atoms with Crippen molar-refractivity contribution >= 4 is 18.2 Å². The molecule has 0 saturated heterocycles. The number of ketones is 1. The van der Waals surface area contributed by atoms with Gasteiger partial charge in [0, 0.05) is 19.3 Å². The number of Topliss-reactive ketones (excluding diaryl/α,β-unsaturated/α-hetero) is 1. The highest BCUT2D eigenvalue weighted by atomic mass is 16.1. The van der Waals surface area contributed by atoms with E-state index in [0.717, 1.165) is 6.21 Å². The van der Waals surface area contributed by atoms with Crippen molar-refractivity contribution in [3.63, 3.8) is 0 Å². The zero-order valence-electron chi connectivity index (χ0n) is 7.61. The lowest BCUT2D eigenvalue weighted by molar-refractivity contribution is 0.101. The first-order valence-electron chi connectivity index (χ1n) is 3.92. The van der Waals surface area contributed by atoms with E-state index in [9.17, 15) is 4.79 Å². The lowest BCUT2D eigenvalue weighted by Gasteiger charge is -1.92. The third-order valence-corrected chi connectivity index (χ3v) is 1.56. The van der Waals surface area contributed by atoms with Gasteiger partial charge in [-0.15, -0.1) is 0 Å². The maximum Gasteiger partial charge on any atom is 0.179 e. The standard InChI is InChI=1S/C9H11N3O/c1-3-4-12-6-8(7(2)13)11-9(12)5-10/h3-6,10H,1-2H3/b4-3-,10-5?. The Balaban J connectivity index is 3.18. The number of carbonyl (C=O) groups is 1. The van der Waals surface area contributed by atoms with Crippen molar-refractivity contribution in [2.45, 2.75) is 13.8 Å². The lowest BCUT2D eigenvalue weighted by Crippen LogP contribution is -1.93. The quantitative estimate of drug-likeness (QED) is 0.562. The number of allylic oxidation sites excluding steroid dienone is 1. The third-order valence-electron chi connectivity index (χ3n) is 1.56. The second-order valence-electron chi connectivity index (χ2n) is 2.57. The highest BCUT2D eigenvalue weighted by Crippen LogP contribution is 2.02. The summed E-state index contributed by atoms with van der Waals surface area (Å²) in [6, 6.07) is 0. The maximum atomic E-state index is 11.0. The van der Waals surface area contributed by atoms with Gasteiger partial charge < -0.3 is 9.98 Å². The average Bonchev–Trinajstić information content (AvgIpc) is 2.48. The minimum atomic E-state index is -0.0913. The van der Waals surface area contributed by atoms with Gasteiger partial charge in [-0.1, -0.05) is 6.08 Å². The summed E-state index contributed by atoms with van der Waals surface area (Å²) in [5.74, 6) is 0.370. The SMILES string of the molecule is C/C=C\n1cc(C(C)=O)nc1C=N. The van der Waals surface area contributed by atoms with Crippen LogP contribution in [0.1, 0.15) is 30.2 Å². The number of carbonyl (C=O) groups excluding carboxylic acids is 1. The Morgan fingerprint density at radius 2 is 2.38 bits per heavy atom. The molecule has 1 heterocycles. The van der Waals surface area contributed by atoms with Crippen LogP contribution in [0.15, 0.2) is 12.3 Å². The first kappa shape index (κ1) is 9.38. The van der Waals surface area contributed by atoms with Crippen molar-refractivity contribution in [2.24, 2.45) is 0 Å². The fourth-order valence-corrected chi connectivity index (χ4v) is 0.964. The molecule has 4 nitrogen and oxygen atoms in total. The van der Waals surface area contributed by atoms with Gasteiger partial charge in [-0.3, -0.25) is 4.79 Å². The number of rotatable bonds is 3. The van der Waals surface area contributed by atoms with Crippen LogP contribution >= 0.6 is 0 Å². The first-order chi connectivity index (χ1) is 6.19. The predicted octanol–water partition coefficient (Wildman–Crippen LogP) is 1.57. The summed E-state index contributed by atoms with van der Waals surface area (Å²) in [7, 11) is 0. The molecule has 1 aromatic heterocycles. The summed E-state index contributed by atoms with van der Waals surface area (Å²) in [5, 5.41) is 7.06. The van der Waals surface area contributed by atoms with Crippen LogP contribution in [0.5, 0.6) is 0 Å². The molecule has 0 spiro atoms. The third kappa shape index (κ3) is 1.90. The van der Waals surface area contributed by atoms with E-state index in [1.54, 1.807) is 17.0 Å². The van der Waals surface area contributed by atoms with Gasteiger partial charge in [0.15, 0.2) is 11.6 Å². The van der Waals surface area contributed by atoms with Gasteiger partial charge in [-0.2, -0.15) is 0 Å². The molecular formula is C9H11N3O. The summed E-state index contributed by atoms with van der Waals surface area (Å²) < 4.78 is 1.64. The van der Waals surface area contributed by atoms with Gasteiger partial charge in [-0.25, -0.2) is 4.98 Å². The van der Waals surface area contributed by atoms with Crippen molar-refractivity contribution in [1.29, 1.82) is 5.41 Å². The van der Waals surface area contributed by atoms with Gasteiger partial charge in [0.25, 0.3) is 0 Å². The Bertz CT molecular complexity index is 363. The minimum absolute atomic E-state index is 0.0913. The average molecular weight is 177 g/mol. The van der Waals surface area contributed by atoms with Gasteiger partial charge >= 0.3 is 0 Å². The van der Waals surface area contributed by atoms with Crippen LogP contribution in [-0.2, 0) is 0 Å². The zero-order valence-corrected chi connectivity index (χ0v) is 7.61. The van der Waals surface area contributed by atoms with E-state index in [1.807, 2.05) is 13.0 Å². The fraction of sp³-hybridized carbons (Fsp3) is 0.222. The molecule has 0 radical (unpaired) electrons. The van der Waals surface area contributed by atoms with E-state index in [-0.39, 0.29) is 5.78 Å². The molecule has 0 saturated carbocycles. The number of nitrogens with zero attached hydrogens (tertiary/aromatic N) is 2. The Labute approximate surface area is 76.4 Å². The number of aromatic nitrogens is 2. The summed E-state index contributed by atoms with van der Waals surface area (Å²) >= 11 is 0. The van der Waals surface area contributed by atoms with Crippen LogP contribution < -0.4 is 0 Å². The number of imidazole rings is 1. The number of hydrogen-bond acceptors (Lipinski definition) is 3. The van der Waals surface area contributed by atoms with Gasteiger partial charge in [0.1, 0.15) is 5.69 Å². The van der Waals surface area contributed by atoms with Crippen molar-refractivity contribution in [3.8, 4) is 0 Å². The molecule has 13 heavy (non-hydrogen) atoms. The molecule has 0 unspecified atom stereocenters. The Kier molecular flexibility index (Phi) is 2.74. The van der Waals surface area contributed by atoms with Crippen LogP contribution in [0.2, 0.25) is 0 Å². The van der Waals surface area contributed by atoms with Gasteiger partial charge in [-0.05, 0) is 6.92 Å². The van der Waals surface area contributed by atoms with Crippen LogP contribution in [0.3, 0.4) is 0 Å². The molecule has 1 aromatic rings. The molecular weight excluding hydrogens is 166 g/mol. The largest absolute Gasteiger partial charge is 0.305 e. The molecule has 0 fully saturated rings. The van der Waals surface area contributed by atoms with E-state index < -0.39 is 0 Å². The molecule has 0 aliphatic carbocycles. The van der Waals surface area contributed by atoms with Crippen molar-refractivity contribution in [3.05, 3.63) is 23.8 Å². The summed E-state index contributed by atoms with van der Waals surface area (Å²) in [6.45, 7) is 3.32. The monoisotopic (exact) mass is 177 g/mol. The second-order valence-corrected chi connectivity index (χ2v) is 2.57. The highest BCUT2D eigenvalue weighted by Gasteiger charge is 2.06. The maximum absolute atomic E-state index is 11.0. The lowest BCUT2D eigenvalue weighted by atomic mass is 10.3. The number of hydrogen-bond donors (Lipinski definition) is 1. The molecule has 0 aromatic carbocycles. The van der Waals surface area contributed by atoms with Crippen LogP contribution in [0.4, 0.5) is 0 Å². The van der Waals surface area contributed by atoms with Crippen molar-refractivity contribution in [1.82, 2.24) is 9.55 Å². The molecule has 0 amide bonds. The zero-order chi connectivity index (χ0) is 9.84. The Hall–Kier alpha value is -1.71. The molecule has 0 atom stereocenters. The highest BCUT2D eigenvalue weighted by molar-refractivity contribution is 5.93. The van der Waals surface area contributed by atoms with Crippen molar-refractivity contribution < 1.29 is 4.79 Å². The molecule has 0 bridgehead atoms. The first-order valence-corrected chi connectivity index (χ1v) is 3.92. The smallest absolute Gasteiger partial charge is 0.179 e. The van der Waals surface area contributed by atoms with E-state index >= 15 is 0 Å². The van der Waals surface area contributed by atoms with Gasteiger partial charge in [0.2, 0.25) is 0 Å². The van der Waals surface area contributed by atoms with Crippen LogP contribution in [-0.4, -0.2) is 21.5 Å². The molecule has 68 valence electrons. The van der Waals surface area contributed by atoms with Crippen molar-refractivity contribution in [2.75, 3.05) is 0 Å². The summed E-state index contributed by atoms with van der Waals surface area (Å²) in [5.41, 5.74) is 0.386. The summed E-state index contributed by atoms with van der Waals surface area (Å²) in [4.78, 5) is 14.9. The Morgan fingerprint density at radius 1 is 1.69 bits per heavy atom. The van der Waals surface area contributed by atoms with E-state index in [2.05, 4.69) is 4.98 Å². The predicted molar refractivity (Wildman–Crippen MR) is 51.1 cm³/mol. The molecule has 1 N–H and O–H groups in total. The number of nitrogens with one attached hydrogen (secondary N) is 1. The van der Waals surface area contributed by atoms with Crippen LogP contribution in [0, 0.1) is 5.41 Å². The van der Waals surface area contributed by atoms with Crippen LogP contribution in [0.25, 0.3) is 6.20 Å². The minimum Gasteiger partial charge on any atom is -0.305 e. The fourth-order valence-electron chi connectivity index (χ4n) is 0.964. The molecule has 0 aliphatic rings.